The Morgan fingerprint density at radius 1 is 0.806 bits per heavy atom. The molecule has 0 saturated carbocycles. The first-order chi connectivity index (χ1) is 13.7. The summed E-state index contributed by atoms with van der Waals surface area (Å²) in [5.41, 5.74) is -7.10. The Morgan fingerprint density at radius 3 is 1.71 bits per heavy atom. The number of hydrogen-bond acceptors (Lipinski definition) is 4. The Hall–Kier alpha value is -2.80. The fourth-order valence-corrected chi connectivity index (χ4v) is 2.45. The highest BCUT2D eigenvalue weighted by Crippen LogP contribution is 2.54. The zero-order valence-corrected chi connectivity index (χ0v) is 15.2. The second-order valence-corrected chi connectivity index (χ2v) is 6.69. The van der Waals surface area contributed by atoms with Crippen molar-refractivity contribution in [3.63, 3.8) is 0 Å². The lowest BCUT2D eigenvalue weighted by Gasteiger charge is -2.30. The number of carbonyl (C=O) groups is 2. The molecule has 1 aliphatic rings. The molecule has 1 saturated heterocycles. The maximum Gasteiger partial charge on any atom is 0.460 e. The quantitative estimate of drug-likeness (QED) is 0.265. The Morgan fingerprint density at radius 2 is 1.29 bits per heavy atom. The van der Waals surface area contributed by atoms with Gasteiger partial charge in [0.1, 0.15) is 5.57 Å². The van der Waals surface area contributed by atoms with Gasteiger partial charge >= 0.3 is 36.1 Å². The van der Waals surface area contributed by atoms with Gasteiger partial charge in [0.2, 0.25) is 0 Å². The highest BCUT2D eigenvalue weighted by Gasteiger charge is 2.74. The third-order valence-corrected chi connectivity index (χ3v) is 3.87. The van der Waals surface area contributed by atoms with Crippen LogP contribution in [-0.2, 0) is 31.2 Å². The van der Waals surface area contributed by atoms with Crippen molar-refractivity contribution in [3.8, 4) is 0 Å². The molecule has 0 radical (unpaired) electrons. The molecule has 31 heavy (non-hydrogen) atoms. The van der Waals surface area contributed by atoms with Gasteiger partial charge in [-0.15, -0.1) is 0 Å². The molecule has 1 aliphatic heterocycles. The van der Waals surface area contributed by atoms with Crippen molar-refractivity contribution in [1.82, 2.24) is 0 Å². The molecule has 0 aromatic heterocycles. The van der Waals surface area contributed by atoms with E-state index < -0.39 is 64.2 Å². The third-order valence-electron chi connectivity index (χ3n) is 3.87. The SMILES string of the molecule is CC1(C)OC(=O)C(=Cc2ccc(C(F)(F)F)c(C(F)(F)C(F)(F)C(F)(F)F)c2)C(=O)O1. The number of ether oxygens (including phenoxy) is 2. The van der Waals surface area contributed by atoms with Crippen molar-refractivity contribution >= 4 is 18.0 Å². The van der Waals surface area contributed by atoms with Crippen LogP contribution in [0, 0.1) is 0 Å². The average Bonchev–Trinajstić information content (AvgIpc) is 2.55. The topological polar surface area (TPSA) is 52.6 Å². The molecule has 172 valence electrons. The van der Waals surface area contributed by atoms with Crippen LogP contribution < -0.4 is 0 Å². The lowest BCUT2D eigenvalue weighted by molar-refractivity contribution is -0.360. The fourth-order valence-electron chi connectivity index (χ4n) is 2.45. The van der Waals surface area contributed by atoms with E-state index in [0.717, 1.165) is 13.8 Å². The second-order valence-electron chi connectivity index (χ2n) is 6.69. The van der Waals surface area contributed by atoms with Crippen molar-refractivity contribution in [3.05, 3.63) is 40.5 Å². The van der Waals surface area contributed by atoms with Gasteiger partial charge in [0, 0.05) is 19.4 Å². The Bertz CT molecular complexity index is 919. The summed E-state index contributed by atoms with van der Waals surface area (Å²) in [4.78, 5) is 23.7. The molecule has 0 aliphatic carbocycles. The predicted octanol–water partition coefficient (Wildman–Crippen LogP) is 5.21. The minimum absolute atomic E-state index is 0.189. The minimum Gasteiger partial charge on any atom is -0.419 e. The molecule has 4 nitrogen and oxygen atoms in total. The molecule has 1 fully saturated rings. The van der Waals surface area contributed by atoms with Crippen molar-refractivity contribution in [2.45, 2.75) is 43.8 Å². The molecule has 1 aromatic carbocycles. The predicted molar refractivity (Wildman–Crippen MR) is 80.6 cm³/mol. The summed E-state index contributed by atoms with van der Waals surface area (Å²) in [5.74, 6) is -17.8. The molecular formula is C17H10F10O4. The standard InChI is InChI=1S/C17H10F10O4/c1-13(2)30-11(28)8(12(29)31-13)5-7-3-4-9(15(20,21)22)10(6-7)14(18,19)16(23,24)17(25,26)27/h3-6H,1-2H3. The van der Waals surface area contributed by atoms with Crippen LogP contribution in [0.4, 0.5) is 43.9 Å². The molecule has 0 amide bonds. The summed E-state index contributed by atoms with van der Waals surface area (Å²) in [6.45, 7) is 2.27. The smallest absolute Gasteiger partial charge is 0.419 e. The Labute approximate surface area is 166 Å². The van der Waals surface area contributed by atoms with Gasteiger partial charge in [-0.25, -0.2) is 9.59 Å². The number of alkyl halides is 10. The van der Waals surface area contributed by atoms with E-state index >= 15 is 0 Å². The number of cyclic esters (lactones) is 2. The molecule has 0 bridgehead atoms. The first kappa shape index (κ1) is 24.5. The monoisotopic (exact) mass is 468 g/mol. The van der Waals surface area contributed by atoms with Crippen LogP contribution in [0.25, 0.3) is 6.08 Å². The molecular weight excluding hydrogens is 458 g/mol. The molecule has 1 heterocycles. The Kier molecular flexibility index (Phi) is 5.62. The van der Waals surface area contributed by atoms with Crippen LogP contribution in [0.15, 0.2) is 23.8 Å². The van der Waals surface area contributed by atoms with E-state index in [1.807, 2.05) is 0 Å². The highest BCUT2D eigenvalue weighted by molar-refractivity contribution is 6.18. The van der Waals surface area contributed by atoms with E-state index in [1.54, 1.807) is 0 Å². The maximum atomic E-state index is 14.1. The molecule has 2 rings (SSSR count). The molecule has 0 spiro atoms. The summed E-state index contributed by atoms with van der Waals surface area (Å²) in [5, 5.41) is 0. The molecule has 14 heteroatoms. The van der Waals surface area contributed by atoms with Gasteiger partial charge < -0.3 is 9.47 Å². The lowest BCUT2D eigenvalue weighted by atomic mass is 9.93. The summed E-state index contributed by atoms with van der Waals surface area (Å²) in [6, 6.07) is -0.150. The average molecular weight is 468 g/mol. The van der Waals surface area contributed by atoms with Gasteiger partial charge in [0.05, 0.1) is 5.56 Å². The van der Waals surface area contributed by atoms with E-state index in [-0.39, 0.29) is 12.1 Å². The van der Waals surface area contributed by atoms with E-state index in [1.165, 1.54) is 0 Å². The number of hydrogen-bond donors (Lipinski definition) is 0. The number of esters is 2. The van der Waals surface area contributed by atoms with Crippen molar-refractivity contribution < 1.29 is 63.0 Å². The number of benzene rings is 1. The van der Waals surface area contributed by atoms with Gasteiger partial charge in [-0.3, -0.25) is 0 Å². The lowest BCUT2D eigenvalue weighted by Crippen LogP contribution is -2.50. The first-order valence-corrected chi connectivity index (χ1v) is 7.93. The van der Waals surface area contributed by atoms with E-state index in [2.05, 4.69) is 9.47 Å². The van der Waals surface area contributed by atoms with Gasteiger partial charge in [-0.1, -0.05) is 6.07 Å². The van der Waals surface area contributed by atoms with E-state index in [4.69, 9.17) is 0 Å². The molecule has 1 aromatic rings. The third kappa shape index (κ3) is 4.46. The minimum atomic E-state index is -6.89. The molecule has 0 unspecified atom stereocenters. The van der Waals surface area contributed by atoms with Crippen LogP contribution in [0.3, 0.4) is 0 Å². The van der Waals surface area contributed by atoms with Crippen LogP contribution in [0.1, 0.15) is 30.5 Å². The molecule has 0 N–H and O–H groups in total. The normalized spacial score (nSPS) is 17.9. The summed E-state index contributed by atoms with van der Waals surface area (Å²) >= 11 is 0. The number of carbonyl (C=O) groups excluding carboxylic acids is 2. The first-order valence-electron chi connectivity index (χ1n) is 7.93. The largest absolute Gasteiger partial charge is 0.460 e. The van der Waals surface area contributed by atoms with Crippen molar-refractivity contribution in [2.75, 3.05) is 0 Å². The van der Waals surface area contributed by atoms with Gasteiger partial charge in [-0.05, 0) is 23.8 Å². The van der Waals surface area contributed by atoms with E-state index in [9.17, 15) is 53.5 Å². The summed E-state index contributed by atoms with van der Waals surface area (Å²) in [6.07, 6.45) is -12.3. The second kappa shape index (κ2) is 7.12. The molecule has 0 atom stereocenters. The zero-order chi connectivity index (χ0) is 24.2. The number of halogens is 10. The zero-order valence-electron chi connectivity index (χ0n) is 15.2. The number of rotatable bonds is 3. The van der Waals surface area contributed by atoms with Crippen molar-refractivity contribution in [2.24, 2.45) is 0 Å². The van der Waals surface area contributed by atoms with Crippen LogP contribution >= 0.6 is 0 Å². The van der Waals surface area contributed by atoms with E-state index in [0.29, 0.717) is 12.1 Å². The summed E-state index contributed by atoms with van der Waals surface area (Å²) in [7, 11) is 0. The van der Waals surface area contributed by atoms with Gasteiger partial charge in [0.25, 0.3) is 5.79 Å². The van der Waals surface area contributed by atoms with Crippen LogP contribution in [-0.4, -0.2) is 29.8 Å². The fraction of sp³-hybridized carbons (Fsp3) is 0.412. The van der Waals surface area contributed by atoms with Gasteiger partial charge in [0.15, 0.2) is 0 Å². The maximum absolute atomic E-state index is 14.1. The van der Waals surface area contributed by atoms with Crippen molar-refractivity contribution in [1.29, 1.82) is 0 Å². The Balaban J connectivity index is 2.69. The summed E-state index contributed by atoms with van der Waals surface area (Å²) < 4.78 is 141. The highest BCUT2D eigenvalue weighted by atomic mass is 19.4. The van der Waals surface area contributed by atoms with Crippen LogP contribution in [0.2, 0.25) is 0 Å². The van der Waals surface area contributed by atoms with Gasteiger partial charge in [-0.2, -0.15) is 43.9 Å². The van der Waals surface area contributed by atoms with Crippen LogP contribution in [0.5, 0.6) is 0 Å².